The summed E-state index contributed by atoms with van der Waals surface area (Å²) in [6.45, 7) is 0. The molecule has 0 bridgehead atoms. The average molecular weight is 295 g/mol. The second-order valence-electron chi connectivity index (χ2n) is 3.24. The molecule has 82 valence electrons. The van der Waals surface area contributed by atoms with Crippen molar-refractivity contribution >= 4 is 27.7 Å². The topological polar surface area (TPSA) is 9.23 Å². The first kappa shape index (κ1) is 11.6. The second-order valence-corrected chi connectivity index (χ2v) is 5.04. The molecule has 0 radical (unpaired) electrons. The lowest BCUT2D eigenvalue weighted by Crippen LogP contribution is -1.84. The monoisotopic (exact) mass is 294 g/mol. The van der Waals surface area contributed by atoms with E-state index >= 15 is 0 Å². The molecule has 2 aromatic carbocycles. The molecule has 3 heteroatoms. The van der Waals surface area contributed by atoms with Gasteiger partial charge in [0.1, 0.15) is 11.5 Å². The Morgan fingerprint density at radius 2 is 1.75 bits per heavy atom. The Labute approximate surface area is 108 Å². The Morgan fingerprint density at radius 3 is 2.44 bits per heavy atom. The number of thioether (sulfide) groups is 1. The van der Waals surface area contributed by atoms with Gasteiger partial charge in [-0.25, -0.2) is 0 Å². The Bertz CT molecular complexity index is 471. The van der Waals surface area contributed by atoms with E-state index in [0.29, 0.717) is 0 Å². The number of ether oxygens (including phenoxy) is 1. The third-order valence-electron chi connectivity index (χ3n) is 2.06. The maximum atomic E-state index is 5.76. The summed E-state index contributed by atoms with van der Waals surface area (Å²) in [5.41, 5.74) is 0. The molecule has 0 aliphatic rings. The van der Waals surface area contributed by atoms with Gasteiger partial charge in [-0.05, 0) is 36.6 Å². The van der Waals surface area contributed by atoms with Gasteiger partial charge in [-0.15, -0.1) is 11.8 Å². The lowest BCUT2D eigenvalue weighted by molar-refractivity contribution is 0.481. The highest BCUT2D eigenvalue weighted by molar-refractivity contribution is 9.10. The largest absolute Gasteiger partial charge is 0.457 e. The summed E-state index contributed by atoms with van der Waals surface area (Å²) in [5.74, 6) is 1.71. The highest BCUT2D eigenvalue weighted by atomic mass is 79.9. The smallest absolute Gasteiger partial charge is 0.129 e. The molecule has 16 heavy (non-hydrogen) atoms. The van der Waals surface area contributed by atoms with Crippen LogP contribution in [-0.4, -0.2) is 6.26 Å². The minimum atomic E-state index is 0.852. The van der Waals surface area contributed by atoms with Gasteiger partial charge in [0.15, 0.2) is 0 Å². The van der Waals surface area contributed by atoms with E-state index in [4.69, 9.17) is 4.74 Å². The van der Waals surface area contributed by atoms with Crippen molar-refractivity contribution in [1.29, 1.82) is 0 Å². The van der Waals surface area contributed by atoms with Crippen molar-refractivity contribution in [3.63, 3.8) is 0 Å². The lowest BCUT2D eigenvalue weighted by atomic mass is 10.3. The second kappa shape index (κ2) is 5.41. The molecule has 0 aliphatic carbocycles. The first-order chi connectivity index (χ1) is 7.78. The minimum Gasteiger partial charge on any atom is -0.457 e. The van der Waals surface area contributed by atoms with E-state index in [2.05, 4.69) is 22.0 Å². The van der Waals surface area contributed by atoms with Gasteiger partial charge in [0, 0.05) is 9.37 Å². The molecule has 0 atom stereocenters. The fourth-order valence-corrected chi connectivity index (χ4v) is 2.44. The van der Waals surface area contributed by atoms with Crippen LogP contribution in [0.15, 0.2) is 57.9 Å². The molecule has 0 amide bonds. The van der Waals surface area contributed by atoms with Crippen molar-refractivity contribution < 1.29 is 4.74 Å². The van der Waals surface area contributed by atoms with Crippen molar-refractivity contribution in [3.8, 4) is 11.5 Å². The van der Waals surface area contributed by atoms with E-state index in [9.17, 15) is 0 Å². The predicted octanol–water partition coefficient (Wildman–Crippen LogP) is 4.96. The van der Waals surface area contributed by atoms with Crippen LogP contribution in [-0.2, 0) is 0 Å². The Hall–Kier alpha value is -0.930. The first-order valence-electron chi connectivity index (χ1n) is 4.85. The zero-order valence-corrected chi connectivity index (χ0v) is 11.2. The van der Waals surface area contributed by atoms with E-state index in [1.807, 2.05) is 48.7 Å². The molecule has 0 aromatic heterocycles. The summed E-state index contributed by atoms with van der Waals surface area (Å²) in [4.78, 5) is 1.18. The average Bonchev–Trinajstić information content (AvgIpc) is 2.29. The van der Waals surface area contributed by atoms with Crippen LogP contribution in [0.2, 0.25) is 0 Å². The van der Waals surface area contributed by atoms with Crippen molar-refractivity contribution in [3.05, 3.63) is 53.0 Å². The zero-order chi connectivity index (χ0) is 11.4. The number of halogens is 1. The van der Waals surface area contributed by atoms with E-state index in [1.165, 1.54) is 4.90 Å². The van der Waals surface area contributed by atoms with Gasteiger partial charge in [-0.1, -0.05) is 34.1 Å². The van der Waals surface area contributed by atoms with E-state index in [1.54, 1.807) is 11.8 Å². The van der Waals surface area contributed by atoms with Crippen molar-refractivity contribution in [2.75, 3.05) is 6.26 Å². The maximum absolute atomic E-state index is 5.76. The van der Waals surface area contributed by atoms with Crippen molar-refractivity contribution in [2.24, 2.45) is 0 Å². The number of para-hydroxylation sites is 1. The molecular formula is C13H11BrOS. The number of benzene rings is 2. The van der Waals surface area contributed by atoms with Gasteiger partial charge in [0.2, 0.25) is 0 Å². The molecule has 0 saturated heterocycles. The van der Waals surface area contributed by atoms with Crippen LogP contribution in [0, 0.1) is 0 Å². The highest BCUT2D eigenvalue weighted by Crippen LogP contribution is 2.29. The van der Waals surface area contributed by atoms with Crippen LogP contribution in [0.5, 0.6) is 11.5 Å². The van der Waals surface area contributed by atoms with Gasteiger partial charge in [-0.3, -0.25) is 0 Å². The van der Waals surface area contributed by atoms with Gasteiger partial charge in [-0.2, -0.15) is 0 Å². The summed E-state index contributed by atoms with van der Waals surface area (Å²) >= 11 is 5.17. The fraction of sp³-hybridized carbons (Fsp3) is 0.0769. The van der Waals surface area contributed by atoms with Gasteiger partial charge in [0.25, 0.3) is 0 Å². The van der Waals surface area contributed by atoms with Crippen molar-refractivity contribution in [2.45, 2.75) is 4.90 Å². The minimum absolute atomic E-state index is 0.852. The van der Waals surface area contributed by atoms with Gasteiger partial charge >= 0.3 is 0 Å². The molecule has 0 saturated carbocycles. The SMILES string of the molecule is CSc1cc(Br)cc(Oc2ccccc2)c1. The molecule has 0 fully saturated rings. The number of hydrogen-bond donors (Lipinski definition) is 0. The van der Waals surface area contributed by atoms with E-state index in [-0.39, 0.29) is 0 Å². The van der Waals surface area contributed by atoms with Crippen LogP contribution >= 0.6 is 27.7 Å². The molecule has 0 N–H and O–H groups in total. The molecule has 1 nitrogen and oxygen atoms in total. The Balaban J connectivity index is 2.24. The summed E-state index contributed by atoms with van der Waals surface area (Å²) in [7, 11) is 0. The van der Waals surface area contributed by atoms with Crippen LogP contribution in [0.4, 0.5) is 0 Å². The Morgan fingerprint density at radius 1 is 1.00 bits per heavy atom. The quantitative estimate of drug-likeness (QED) is 0.740. The molecule has 2 aromatic rings. The predicted molar refractivity (Wildman–Crippen MR) is 72.4 cm³/mol. The molecule has 0 spiro atoms. The summed E-state index contributed by atoms with van der Waals surface area (Å²) in [5, 5.41) is 0. The lowest BCUT2D eigenvalue weighted by Gasteiger charge is -2.07. The summed E-state index contributed by atoms with van der Waals surface area (Å²) in [6, 6.07) is 15.9. The normalized spacial score (nSPS) is 10.1. The molecule has 0 heterocycles. The highest BCUT2D eigenvalue weighted by Gasteiger charge is 2.01. The van der Waals surface area contributed by atoms with Crippen LogP contribution in [0.25, 0.3) is 0 Å². The van der Waals surface area contributed by atoms with Gasteiger partial charge < -0.3 is 4.74 Å². The molecule has 0 unspecified atom stereocenters. The maximum Gasteiger partial charge on any atom is 0.129 e. The number of rotatable bonds is 3. The van der Waals surface area contributed by atoms with Crippen LogP contribution in [0.3, 0.4) is 0 Å². The zero-order valence-electron chi connectivity index (χ0n) is 8.81. The summed E-state index contributed by atoms with van der Waals surface area (Å²) < 4.78 is 6.79. The van der Waals surface area contributed by atoms with E-state index < -0.39 is 0 Å². The number of hydrogen-bond acceptors (Lipinski definition) is 2. The molecule has 2 rings (SSSR count). The third kappa shape index (κ3) is 3.03. The van der Waals surface area contributed by atoms with Crippen LogP contribution in [0.1, 0.15) is 0 Å². The Kier molecular flexibility index (Phi) is 3.91. The van der Waals surface area contributed by atoms with Gasteiger partial charge in [0.05, 0.1) is 0 Å². The summed E-state index contributed by atoms with van der Waals surface area (Å²) in [6.07, 6.45) is 2.05. The molecule has 0 aliphatic heterocycles. The van der Waals surface area contributed by atoms with Crippen molar-refractivity contribution in [1.82, 2.24) is 0 Å². The van der Waals surface area contributed by atoms with E-state index in [0.717, 1.165) is 16.0 Å². The van der Waals surface area contributed by atoms with Crippen LogP contribution < -0.4 is 4.74 Å². The molecular weight excluding hydrogens is 284 g/mol. The fourth-order valence-electron chi connectivity index (χ4n) is 1.34. The first-order valence-corrected chi connectivity index (χ1v) is 6.87. The standard InChI is InChI=1S/C13H11BrOS/c1-16-13-8-10(14)7-12(9-13)15-11-5-3-2-4-6-11/h2-9H,1H3. The third-order valence-corrected chi connectivity index (χ3v) is 3.22.